The molecule has 3 heteroatoms. The molecule has 1 saturated carbocycles. The highest BCUT2D eigenvalue weighted by Crippen LogP contribution is 2.38. The van der Waals surface area contributed by atoms with Gasteiger partial charge in [-0.2, -0.15) is 0 Å². The number of aromatic nitrogens is 1. The summed E-state index contributed by atoms with van der Waals surface area (Å²) in [7, 11) is 0. The first-order chi connectivity index (χ1) is 10.4. The van der Waals surface area contributed by atoms with Crippen molar-refractivity contribution in [3.63, 3.8) is 0 Å². The Bertz CT molecular complexity index is 346. The predicted molar refractivity (Wildman–Crippen MR) is 92.8 cm³/mol. The lowest BCUT2D eigenvalue weighted by Gasteiger charge is -2.16. The zero-order chi connectivity index (χ0) is 14.8. The summed E-state index contributed by atoms with van der Waals surface area (Å²) in [4.78, 5) is 4.51. The minimum Gasteiger partial charge on any atom is -0.308 e. The van der Waals surface area contributed by atoms with Gasteiger partial charge in [-0.05, 0) is 25.3 Å². The third-order valence-corrected chi connectivity index (χ3v) is 5.33. The van der Waals surface area contributed by atoms with Gasteiger partial charge in [0.2, 0.25) is 0 Å². The summed E-state index contributed by atoms with van der Waals surface area (Å²) < 4.78 is 0. The quantitative estimate of drug-likeness (QED) is 0.472. The summed E-state index contributed by atoms with van der Waals surface area (Å²) in [6, 6.07) is 0.516. The molecular formula is C18H32N2S. The van der Waals surface area contributed by atoms with E-state index in [1.54, 1.807) is 11.3 Å². The number of hydrogen-bond acceptors (Lipinski definition) is 3. The second-order valence-electron chi connectivity index (χ2n) is 6.53. The standard InChI is InChI=1S/C18H32N2S/c1-2-3-4-5-6-7-8-9-12-19-17(15-16-10-11-16)18-20-13-14-21-18/h13-14,16-17,19H,2-12,15H2,1H3/t17-/m0/s1. The molecule has 0 saturated heterocycles. The highest BCUT2D eigenvalue weighted by molar-refractivity contribution is 7.09. The maximum atomic E-state index is 4.51. The van der Waals surface area contributed by atoms with Gasteiger partial charge in [0.05, 0.1) is 6.04 Å². The van der Waals surface area contributed by atoms with Crippen molar-refractivity contribution >= 4 is 11.3 Å². The van der Waals surface area contributed by atoms with Gasteiger partial charge >= 0.3 is 0 Å². The van der Waals surface area contributed by atoms with E-state index in [0.29, 0.717) is 6.04 Å². The van der Waals surface area contributed by atoms with Crippen LogP contribution in [-0.2, 0) is 0 Å². The maximum absolute atomic E-state index is 4.51. The Morgan fingerprint density at radius 2 is 1.86 bits per heavy atom. The SMILES string of the molecule is CCCCCCCCCCN[C@@H](CC1CC1)c1nccs1. The summed E-state index contributed by atoms with van der Waals surface area (Å²) in [5, 5.41) is 7.15. The fraction of sp³-hybridized carbons (Fsp3) is 0.833. The van der Waals surface area contributed by atoms with Crippen molar-refractivity contribution in [2.24, 2.45) is 5.92 Å². The van der Waals surface area contributed by atoms with Crippen molar-refractivity contribution in [1.82, 2.24) is 10.3 Å². The van der Waals surface area contributed by atoms with Crippen LogP contribution >= 0.6 is 11.3 Å². The van der Waals surface area contributed by atoms with Crippen LogP contribution in [-0.4, -0.2) is 11.5 Å². The van der Waals surface area contributed by atoms with E-state index in [1.807, 2.05) is 6.20 Å². The van der Waals surface area contributed by atoms with E-state index in [1.165, 1.54) is 75.6 Å². The van der Waals surface area contributed by atoms with Gasteiger partial charge < -0.3 is 5.32 Å². The molecule has 1 aromatic heterocycles. The fourth-order valence-corrected chi connectivity index (χ4v) is 3.63. The predicted octanol–water partition coefficient (Wildman–Crippen LogP) is 5.71. The minimum atomic E-state index is 0.516. The van der Waals surface area contributed by atoms with Gasteiger partial charge in [0.1, 0.15) is 5.01 Å². The number of unbranched alkanes of at least 4 members (excludes halogenated alkanes) is 7. The van der Waals surface area contributed by atoms with E-state index in [2.05, 4.69) is 22.6 Å². The first kappa shape index (κ1) is 17.0. The van der Waals surface area contributed by atoms with E-state index < -0.39 is 0 Å². The molecule has 2 rings (SSSR count). The molecule has 1 fully saturated rings. The molecule has 1 aliphatic rings. The molecule has 0 radical (unpaired) electrons. The molecule has 0 spiro atoms. The summed E-state index contributed by atoms with van der Waals surface area (Å²) in [6.45, 7) is 3.44. The summed E-state index contributed by atoms with van der Waals surface area (Å²) in [5.74, 6) is 0.963. The normalized spacial score (nSPS) is 16.2. The molecule has 0 unspecified atom stereocenters. The lowest BCUT2D eigenvalue weighted by atomic mass is 10.1. The Hall–Kier alpha value is -0.410. The summed E-state index contributed by atoms with van der Waals surface area (Å²) in [6.07, 6.45) is 17.3. The molecule has 2 nitrogen and oxygen atoms in total. The van der Waals surface area contributed by atoms with E-state index >= 15 is 0 Å². The lowest BCUT2D eigenvalue weighted by Crippen LogP contribution is -2.23. The molecule has 120 valence electrons. The van der Waals surface area contributed by atoms with Crippen molar-refractivity contribution in [2.75, 3.05) is 6.54 Å². The molecule has 1 atom stereocenters. The molecule has 1 N–H and O–H groups in total. The highest BCUT2D eigenvalue weighted by atomic mass is 32.1. The Labute approximate surface area is 134 Å². The van der Waals surface area contributed by atoms with Crippen LogP contribution in [0.1, 0.15) is 88.6 Å². The number of thiazole rings is 1. The topological polar surface area (TPSA) is 24.9 Å². The van der Waals surface area contributed by atoms with E-state index in [0.717, 1.165) is 12.5 Å². The first-order valence-electron chi connectivity index (χ1n) is 9.03. The summed E-state index contributed by atoms with van der Waals surface area (Å²) >= 11 is 1.81. The van der Waals surface area contributed by atoms with Crippen LogP contribution in [0.2, 0.25) is 0 Å². The lowest BCUT2D eigenvalue weighted by molar-refractivity contribution is 0.457. The van der Waals surface area contributed by atoms with E-state index in [4.69, 9.17) is 0 Å². The smallest absolute Gasteiger partial charge is 0.109 e. The number of nitrogens with zero attached hydrogens (tertiary/aromatic N) is 1. The van der Waals surface area contributed by atoms with Crippen LogP contribution in [0, 0.1) is 5.92 Å². The van der Waals surface area contributed by atoms with Crippen LogP contribution in [0.5, 0.6) is 0 Å². The van der Waals surface area contributed by atoms with Gasteiger partial charge in [-0.3, -0.25) is 0 Å². The van der Waals surface area contributed by atoms with Crippen molar-refractivity contribution in [3.05, 3.63) is 16.6 Å². The highest BCUT2D eigenvalue weighted by Gasteiger charge is 2.26. The minimum absolute atomic E-state index is 0.516. The van der Waals surface area contributed by atoms with E-state index in [-0.39, 0.29) is 0 Å². The van der Waals surface area contributed by atoms with Crippen LogP contribution in [0.15, 0.2) is 11.6 Å². The molecule has 1 heterocycles. The Morgan fingerprint density at radius 3 is 2.48 bits per heavy atom. The Kier molecular flexibility index (Phi) is 8.35. The molecule has 0 aliphatic heterocycles. The second kappa shape index (κ2) is 10.3. The van der Waals surface area contributed by atoms with Crippen molar-refractivity contribution in [1.29, 1.82) is 0 Å². The Morgan fingerprint density at radius 1 is 1.14 bits per heavy atom. The third-order valence-electron chi connectivity index (χ3n) is 4.44. The van der Waals surface area contributed by atoms with E-state index in [9.17, 15) is 0 Å². The molecule has 0 aromatic carbocycles. The molecule has 0 amide bonds. The monoisotopic (exact) mass is 308 g/mol. The zero-order valence-corrected chi connectivity index (χ0v) is 14.5. The number of nitrogens with one attached hydrogen (secondary N) is 1. The average Bonchev–Trinajstić information content (AvgIpc) is 3.14. The van der Waals surface area contributed by atoms with Crippen LogP contribution < -0.4 is 5.32 Å². The maximum Gasteiger partial charge on any atom is 0.109 e. The van der Waals surface area contributed by atoms with Gasteiger partial charge in [0, 0.05) is 11.6 Å². The van der Waals surface area contributed by atoms with Crippen molar-refractivity contribution in [2.45, 2.75) is 83.6 Å². The molecule has 1 aromatic rings. The molecule has 21 heavy (non-hydrogen) atoms. The van der Waals surface area contributed by atoms with Gasteiger partial charge in [-0.25, -0.2) is 4.98 Å². The average molecular weight is 309 g/mol. The van der Waals surface area contributed by atoms with Crippen LogP contribution in [0.25, 0.3) is 0 Å². The van der Waals surface area contributed by atoms with Crippen molar-refractivity contribution < 1.29 is 0 Å². The largest absolute Gasteiger partial charge is 0.308 e. The fourth-order valence-electron chi connectivity index (χ4n) is 2.90. The second-order valence-corrected chi connectivity index (χ2v) is 7.46. The van der Waals surface area contributed by atoms with Gasteiger partial charge in [0.15, 0.2) is 0 Å². The molecule has 0 bridgehead atoms. The number of hydrogen-bond donors (Lipinski definition) is 1. The van der Waals surface area contributed by atoms with Gasteiger partial charge in [-0.15, -0.1) is 11.3 Å². The molecule has 1 aliphatic carbocycles. The summed E-state index contributed by atoms with van der Waals surface area (Å²) in [5.41, 5.74) is 0. The van der Waals surface area contributed by atoms with Gasteiger partial charge in [-0.1, -0.05) is 64.7 Å². The zero-order valence-electron chi connectivity index (χ0n) is 13.7. The number of rotatable bonds is 13. The van der Waals surface area contributed by atoms with Crippen LogP contribution in [0.4, 0.5) is 0 Å². The first-order valence-corrected chi connectivity index (χ1v) is 9.91. The van der Waals surface area contributed by atoms with Gasteiger partial charge in [0.25, 0.3) is 0 Å². The van der Waals surface area contributed by atoms with Crippen molar-refractivity contribution in [3.8, 4) is 0 Å². The third kappa shape index (κ3) is 7.42. The molecular weight excluding hydrogens is 276 g/mol. The van der Waals surface area contributed by atoms with Crippen LogP contribution in [0.3, 0.4) is 0 Å². The Balaban J connectivity index is 1.51.